The highest BCUT2D eigenvalue weighted by Crippen LogP contribution is 2.29. The van der Waals surface area contributed by atoms with Crippen molar-refractivity contribution in [2.75, 3.05) is 6.61 Å². The third kappa shape index (κ3) is 2.20. The van der Waals surface area contributed by atoms with Gasteiger partial charge in [0, 0.05) is 12.6 Å². The van der Waals surface area contributed by atoms with E-state index in [-0.39, 0.29) is 6.04 Å². The lowest BCUT2D eigenvalue weighted by molar-refractivity contribution is 0.00624. The van der Waals surface area contributed by atoms with Crippen molar-refractivity contribution in [2.24, 2.45) is 5.73 Å². The van der Waals surface area contributed by atoms with Crippen molar-refractivity contribution >= 4 is 0 Å². The summed E-state index contributed by atoms with van der Waals surface area (Å²) in [7, 11) is 0. The molecule has 16 heavy (non-hydrogen) atoms. The van der Waals surface area contributed by atoms with Gasteiger partial charge in [0.25, 0.3) is 0 Å². The van der Waals surface area contributed by atoms with Crippen LogP contribution in [0.1, 0.15) is 24.5 Å². The second-order valence-corrected chi connectivity index (χ2v) is 3.94. The maximum absolute atomic E-state index is 13.0. The molecule has 0 spiro atoms. The first-order valence-corrected chi connectivity index (χ1v) is 5.09. The van der Waals surface area contributed by atoms with Gasteiger partial charge in [-0.3, -0.25) is 0 Å². The van der Waals surface area contributed by atoms with Crippen LogP contribution in [0.15, 0.2) is 12.1 Å². The zero-order valence-corrected chi connectivity index (χ0v) is 8.55. The van der Waals surface area contributed by atoms with Crippen LogP contribution in [0.2, 0.25) is 0 Å². The van der Waals surface area contributed by atoms with Gasteiger partial charge in [-0.2, -0.15) is 0 Å². The topological polar surface area (TPSA) is 35.2 Å². The van der Waals surface area contributed by atoms with Crippen LogP contribution < -0.4 is 5.73 Å². The second kappa shape index (κ2) is 4.43. The summed E-state index contributed by atoms with van der Waals surface area (Å²) in [5.41, 5.74) is 6.02. The minimum absolute atomic E-state index is 0.0464. The number of ether oxygens (including phenoxy) is 1. The lowest BCUT2D eigenvalue weighted by Crippen LogP contribution is -2.30. The first kappa shape index (κ1) is 11.4. The van der Waals surface area contributed by atoms with E-state index in [1.54, 1.807) is 0 Å². The van der Waals surface area contributed by atoms with Crippen LogP contribution in [0.5, 0.6) is 0 Å². The molecule has 1 fully saturated rings. The van der Waals surface area contributed by atoms with E-state index in [0.717, 1.165) is 18.6 Å². The third-order valence-electron chi connectivity index (χ3n) is 2.70. The molecular weight excluding hydrogens is 219 g/mol. The minimum Gasteiger partial charge on any atom is -0.373 e. The van der Waals surface area contributed by atoms with Crippen molar-refractivity contribution < 1.29 is 17.9 Å². The quantitative estimate of drug-likeness (QED) is 0.752. The zero-order valence-electron chi connectivity index (χ0n) is 8.55. The molecule has 2 nitrogen and oxygen atoms in total. The Morgan fingerprint density at radius 1 is 1.19 bits per heavy atom. The number of benzene rings is 1. The van der Waals surface area contributed by atoms with Gasteiger partial charge < -0.3 is 10.5 Å². The molecular formula is C11H12F3NO. The number of hydrogen-bond donors (Lipinski definition) is 1. The molecule has 0 aromatic heterocycles. The Balaban J connectivity index is 2.26. The number of nitrogens with two attached hydrogens (primary N) is 1. The summed E-state index contributed by atoms with van der Waals surface area (Å²) in [5, 5.41) is 0. The summed E-state index contributed by atoms with van der Waals surface area (Å²) >= 11 is 0. The average Bonchev–Trinajstić information content (AvgIpc) is 2.25. The van der Waals surface area contributed by atoms with E-state index >= 15 is 0 Å². The SMILES string of the molecule is NC1CCOC(c2cc(F)c(F)c(F)c2)C1. The molecule has 1 saturated heterocycles. The molecule has 0 amide bonds. The molecule has 5 heteroatoms. The smallest absolute Gasteiger partial charge is 0.194 e. The van der Waals surface area contributed by atoms with Crippen LogP contribution in [0.4, 0.5) is 13.2 Å². The third-order valence-corrected chi connectivity index (χ3v) is 2.70. The van der Waals surface area contributed by atoms with Crippen LogP contribution in [-0.2, 0) is 4.74 Å². The summed E-state index contributed by atoms with van der Waals surface area (Å²) < 4.78 is 44.1. The molecule has 2 unspecified atom stereocenters. The summed E-state index contributed by atoms with van der Waals surface area (Å²) in [6.45, 7) is 0.451. The van der Waals surface area contributed by atoms with Crippen LogP contribution in [-0.4, -0.2) is 12.6 Å². The molecule has 0 radical (unpaired) electrons. The average molecular weight is 231 g/mol. The molecule has 88 valence electrons. The molecule has 1 aromatic rings. The normalized spacial score (nSPS) is 25.8. The summed E-state index contributed by atoms with van der Waals surface area (Å²) in [5.74, 6) is -3.85. The Hall–Kier alpha value is -1.07. The molecule has 1 heterocycles. The molecule has 0 saturated carbocycles. The van der Waals surface area contributed by atoms with Gasteiger partial charge in [-0.15, -0.1) is 0 Å². The maximum Gasteiger partial charge on any atom is 0.194 e. The highest BCUT2D eigenvalue weighted by molar-refractivity contribution is 5.22. The van der Waals surface area contributed by atoms with Crippen molar-refractivity contribution in [1.82, 2.24) is 0 Å². The van der Waals surface area contributed by atoms with E-state index < -0.39 is 23.6 Å². The van der Waals surface area contributed by atoms with Crippen molar-refractivity contribution in [3.63, 3.8) is 0 Å². The van der Waals surface area contributed by atoms with Gasteiger partial charge in [-0.1, -0.05) is 0 Å². The summed E-state index contributed by atoms with van der Waals surface area (Å²) in [4.78, 5) is 0. The van der Waals surface area contributed by atoms with Gasteiger partial charge in [0.05, 0.1) is 6.10 Å². The highest BCUT2D eigenvalue weighted by atomic mass is 19.2. The van der Waals surface area contributed by atoms with Gasteiger partial charge in [-0.05, 0) is 30.5 Å². The second-order valence-electron chi connectivity index (χ2n) is 3.94. The molecule has 2 rings (SSSR count). The van der Waals surface area contributed by atoms with Crippen LogP contribution in [0.3, 0.4) is 0 Å². The minimum atomic E-state index is -1.45. The van der Waals surface area contributed by atoms with Gasteiger partial charge in [0.1, 0.15) is 0 Å². The standard InChI is InChI=1S/C11H12F3NO/c12-8-3-6(4-9(13)11(8)14)10-5-7(15)1-2-16-10/h3-4,7,10H,1-2,5,15H2. The van der Waals surface area contributed by atoms with Crippen molar-refractivity contribution in [1.29, 1.82) is 0 Å². The first-order chi connectivity index (χ1) is 7.58. The van der Waals surface area contributed by atoms with Crippen LogP contribution in [0.25, 0.3) is 0 Å². The molecule has 0 aliphatic carbocycles. The number of halogens is 3. The van der Waals surface area contributed by atoms with Gasteiger partial charge in [-0.25, -0.2) is 13.2 Å². The van der Waals surface area contributed by atoms with Crippen molar-refractivity contribution in [2.45, 2.75) is 25.0 Å². The molecule has 2 N–H and O–H groups in total. The summed E-state index contributed by atoms with van der Waals surface area (Å²) in [6.07, 6.45) is 0.765. The Morgan fingerprint density at radius 3 is 2.38 bits per heavy atom. The van der Waals surface area contributed by atoms with Crippen molar-refractivity contribution in [3.05, 3.63) is 35.1 Å². The molecule has 1 aliphatic rings. The molecule has 2 atom stereocenters. The fourth-order valence-corrected chi connectivity index (χ4v) is 1.82. The molecule has 1 aromatic carbocycles. The summed E-state index contributed by atoms with van der Waals surface area (Å²) in [6, 6.07) is 1.87. The van der Waals surface area contributed by atoms with Gasteiger partial charge in [0.2, 0.25) is 0 Å². The van der Waals surface area contributed by atoms with E-state index in [4.69, 9.17) is 10.5 Å². The van der Waals surface area contributed by atoms with E-state index in [1.807, 2.05) is 0 Å². The monoisotopic (exact) mass is 231 g/mol. The fraction of sp³-hybridized carbons (Fsp3) is 0.455. The Bertz CT molecular complexity index is 374. The van der Waals surface area contributed by atoms with Crippen LogP contribution >= 0.6 is 0 Å². The van der Waals surface area contributed by atoms with Gasteiger partial charge in [0.15, 0.2) is 17.5 Å². The lowest BCUT2D eigenvalue weighted by atomic mass is 9.98. The van der Waals surface area contributed by atoms with Crippen LogP contribution in [0, 0.1) is 17.5 Å². The number of rotatable bonds is 1. The lowest BCUT2D eigenvalue weighted by Gasteiger charge is -2.27. The van der Waals surface area contributed by atoms with Gasteiger partial charge >= 0.3 is 0 Å². The molecule has 0 bridgehead atoms. The van der Waals surface area contributed by atoms with E-state index in [1.165, 1.54) is 0 Å². The Labute approximate surface area is 91.2 Å². The molecule has 1 aliphatic heterocycles. The van der Waals surface area contributed by atoms with E-state index in [2.05, 4.69) is 0 Å². The zero-order chi connectivity index (χ0) is 11.7. The number of hydrogen-bond acceptors (Lipinski definition) is 2. The largest absolute Gasteiger partial charge is 0.373 e. The Morgan fingerprint density at radius 2 is 1.81 bits per heavy atom. The fourth-order valence-electron chi connectivity index (χ4n) is 1.82. The Kier molecular flexibility index (Phi) is 3.16. The highest BCUT2D eigenvalue weighted by Gasteiger charge is 2.23. The first-order valence-electron chi connectivity index (χ1n) is 5.09. The van der Waals surface area contributed by atoms with Crippen molar-refractivity contribution in [3.8, 4) is 0 Å². The predicted molar refractivity (Wildman–Crippen MR) is 52.2 cm³/mol. The maximum atomic E-state index is 13.0. The predicted octanol–water partition coefficient (Wildman–Crippen LogP) is 2.28. The van der Waals surface area contributed by atoms with E-state index in [0.29, 0.717) is 18.6 Å². The van der Waals surface area contributed by atoms with E-state index in [9.17, 15) is 13.2 Å².